The van der Waals surface area contributed by atoms with Crippen molar-refractivity contribution in [3.8, 4) is 0 Å². The predicted molar refractivity (Wildman–Crippen MR) is 86.9 cm³/mol. The van der Waals surface area contributed by atoms with Crippen LogP contribution in [0.3, 0.4) is 0 Å². The lowest BCUT2D eigenvalue weighted by Gasteiger charge is -2.14. The molecule has 1 aromatic carbocycles. The summed E-state index contributed by atoms with van der Waals surface area (Å²) in [4.78, 5) is 14.0. The normalized spacial score (nSPS) is 14.2. The molecule has 1 amide bonds. The Kier molecular flexibility index (Phi) is 4.45. The molecule has 0 spiro atoms. The van der Waals surface area contributed by atoms with Crippen molar-refractivity contribution in [2.24, 2.45) is 0 Å². The third-order valence-corrected chi connectivity index (χ3v) is 4.21. The first-order valence-electron chi connectivity index (χ1n) is 6.98. The number of nitrogens with one attached hydrogen (secondary N) is 1. The molecule has 1 aliphatic heterocycles. The van der Waals surface area contributed by atoms with Crippen molar-refractivity contribution in [2.45, 2.75) is 12.8 Å². The molecule has 2 heterocycles. The minimum absolute atomic E-state index is 0.0638. The predicted octanol–water partition coefficient (Wildman–Crippen LogP) is 3.76. The summed E-state index contributed by atoms with van der Waals surface area (Å²) in [5.74, 6) is 0.474. The summed E-state index contributed by atoms with van der Waals surface area (Å²) in [5, 5.41) is 12.0. The summed E-state index contributed by atoms with van der Waals surface area (Å²) in [6.07, 6.45) is 2.10. The van der Waals surface area contributed by atoms with E-state index >= 15 is 0 Å². The van der Waals surface area contributed by atoms with E-state index in [0.717, 1.165) is 31.6 Å². The topological polar surface area (TPSA) is 58.1 Å². The number of rotatable bonds is 3. The third-order valence-electron chi connectivity index (χ3n) is 3.47. The largest absolute Gasteiger partial charge is 0.339 e. The monoisotopic (exact) mass is 336 g/mol. The maximum atomic E-state index is 12.2. The van der Waals surface area contributed by atoms with E-state index < -0.39 is 0 Å². The lowest BCUT2D eigenvalue weighted by Crippen LogP contribution is -2.28. The molecule has 5 nitrogen and oxygen atoms in total. The number of carbonyl (C=O) groups excluding carboxylic acids is 1. The average molecular weight is 337 g/mol. The Hall–Kier alpha value is -1.85. The summed E-state index contributed by atoms with van der Waals surface area (Å²) in [7, 11) is 0. The van der Waals surface area contributed by atoms with Crippen LogP contribution in [0.15, 0.2) is 30.3 Å². The zero-order chi connectivity index (χ0) is 15.5. The Labute approximate surface area is 138 Å². The molecule has 2 aromatic rings. The molecule has 0 atom stereocenters. The molecule has 0 aliphatic carbocycles. The van der Waals surface area contributed by atoms with Crippen LogP contribution in [0.2, 0.25) is 10.0 Å². The van der Waals surface area contributed by atoms with Crippen LogP contribution < -0.4 is 5.32 Å². The molecular formula is C15H14Cl2N4O. The number of likely N-dealkylation sites (tertiary alicyclic amines) is 1. The molecule has 0 unspecified atom stereocenters. The van der Waals surface area contributed by atoms with E-state index in [1.54, 1.807) is 35.2 Å². The molecule has 0 saturated carbocycles. The fraction of sp³-hybridized carbons (Fsp3) is 0.267. The number of aromatic nitrogens is 2. The van der Waals surface area contributed by atoms with E-state index in [1.807, 2.05) is 0 Å². The molecule has 1 aromatic heterocycles. The van der Waals surface area contributed by atoms with Gasteiger partial charge in [0, 0.05) is 18.8 Å². The molecule has 1 aliphatic rings. The number of amides is 1. The Bertz CT molecular complexity index is 684. The van der Waals surface area contributed by atoms with E-state index in [0.29, 0.717) is 21.6 Å². The SMILES string of the molecule is O=C(c1ccc(Nc2ccc(Cl)c(Cl)c2)nn1)N1CCCC1. The van der Waals surface area contributed by atoms with Gasteiger partial charge in [-0.15, -0.1) is 10.2 Å². The molecule has 1 N–H and O–H groups in total. The second-order valence-corrected chi connectivity index (χ2v) is 5.87. The summed E-state index contributed by atoms with van der Waals surface area (Å²) >= 11 is 11.8. The van der Waals surface area contributed by atoms with Crippen molar-refractivity contribution in [1.29, 1.82) is 0 Å². The maximum Gasteiger partial charge on any atom is 0.274 e. The minimum Gasteiger partial charge on any atom is -0.339 e. The highest BCUT2D eigenvalue weighted by Gasteiger charge is 2.20. The summed E-state index contributed by atoms with van der Waals surface area (Å²) < 4.78 is 0. The van der Waals surface area contributed by atoms with Crippen LogP contribution >= 0.6 is 23.2 Å². The van der Waals surface area contributed by atoms with Gasteiger partial charge in [-0.25, -0.2) is 0 Å². The van der Waals surface area contributed by atoms with Crippen LogP contribution in [0.1, 0.15) is 23.3 Å². The summed E-state index contributed by atoms with van der Waals surface area (Å²) in [6, 6.07) is 8.59. The van der Waals surface area contributed by atoms with Crippen LogP contribution in [-0.4, -0.2) is 34.1 Å². The highest BCUT2D eigenvalue weighted by atomic mass is 35.5. The van der Waals surface area contributed by atoms with E-state index in [-0.39, 0.29) is 5.91 Å². The lowest BCUT2D eigenvalue weighted by atomic mass is 10.3. The van der Waals surface area contributed by atoms with Crippen LogP contribution in [0.4, 0.5) is 11.5 Å². The van der Waals surface area contributed by atoms with Crippen LogP contribution in [0.25, 0.3) is 0 Å². The Morgan fingerprint density at radius 1 is 1.05 bits per heavy atom. The molecule has 22 heavy (non-hydrogen) atoms. The fourth-order valence-electron chi connectivity index (χ4n) is 2.32. The Morgan fingerprint density at radius 3 is 2.45 bits per heavy atom. The molecule has 1 saturated heterocycles. The minimum atomic E-state index is -0.0638. The van der Waals surface area contributed by atoms with Gasteiger partial charge in [-0.1, -0.05) is 23.2 Å². The van der Waals surface area contributed by atoms with E-state index in [9.17, 15) is 4.79 Å². The van der Waals surface area contributed by atoms with Crippen molar-refractivity contribution in [3.63, 3.8) is 0 Å². The zero-order valence-corrected chi connectivity index (χ0v) is 13.2. The molecule has 0 radical (unpaired) electrons. The quantitative estimate of drug-likeness (QED) is 0.926. The first kappa shape index (κ1) is 15.1. The smallest absolute Gasteiger partial charge is 0.274 e. The van der Waals surface area contributed by atoms with E-state index in [2.05, 4.69) is 15.5 Å². The Morgan fingerprint density at radius 2 is 1.82 bits per heavy atom. The second kappa shape index (κ2) is 6.50. The van der Waals surface area contributed by atoms with Gasteiger partial charge in [-0.3, -0.25) is 4.79 Å². The third kappa shape index (κ3) is 3.31. The molecule has 7 heteroatoms. The number of nitrogens with zero attached hydrogens (tertiary/aromatic N) is 3. The average Bonchev–Trinajstić information content (AvgIpc) is 3.05. The van der Waals surface area contributed by atoms with Crippen molar-refractivity contribution in [3.05, 3.63) is 46.1 Å². The van der Waals surface area contributed by atoms with Gasteiger partial charge in [0.05, 0.1) is 10.0 Å². The maximum absolute atomic E-state index is 12.2. The van der Waals surface area contributed by atoms with E-state index in [4.69, 9.17) is 23.2 Å². The highest BCUT2D eigenvalue weighted by Crippen LogP contribution is 2.26. The molecule has 1 fully saturated rings. The summed E-state index contributed by atoms with van der Waals surface area (Å²) in [6.45, 7) is 1.59. The van der Waals surface area contributed by atoms with Crippen molar-refractivity contribution >= 4 is 40.6 Å². The Balaban J connectivity index is 1.70. The van der Waals surface area contributed by atoms with Gasteiger partial charge in [-0.05, 0) is 43.2 Å². The number of hydrogen-bond donors (Lipinski definition) is 1. The lowest BCUT2D eigenvalue weighted by molar-refractivity contribution is 0.0786. The van der Waals surface area contributed by atoms with Crippen LogP contribution in [0.5, 0.6) is 0 Å². The fourth-order valence-corrected chi connectivity index (χ4v) is 2.62. The van der Waals surface area contributed by atoms with E-state index in [1.165, 1.54) is 0 Å². The molecule has 3 rings (SSSR count). The number of carbonyl (C=O) groups is 1. The van der Waals surface area contributed by atoms with Crippen LogP contribution in [0, 0.1) is 0 Å². The van der Waals surface area contributed by atoms with Crippen molar-refractivity contribution in [1.82, 2.24) is 15.1 Å². The summed E-state index contributed by atoms with van der Waals surface area (Å²) in [5.41, 5.74) is 1.11. The molecule has 114 valence electrons. The van der Waals surface area contributed by atoms with Crippen molar-refractivity contribution < 1.29 is 4.79 Å². The number of benzene rings is 1. The van der Waals surface area contributed by atoms with Gasteiger partial charge < -0.3 is 10.2 Å². The molecule has 0 bridgehead atoms. The standard InChI is InChI=1S/C15H14Cl2N4O/c16-11-4-3-10(9-12(11)17)18-14-6-5-13(19-20-14)15(22)21-7-1-2-8-21/h3-6,9H,1-2,7-8H2,(H,18,20). The van der Waals surface area contributed by atoms with Gasteiger partial charge >= 0.3 is 0 Å². The highest BCUT2D eigenvalue weighted by molar-refractivity contribution is 6.42. The second-order valence-electron chi connectivity index (χ2n) is 5.06. The number of anilines is 2. The van der Waals surface area contributed by atoms with Gasteiger partial charge in [0.1, 0.15) is 0 Å². The van der Waals surface area contributed by atoms with Gasteiger partial charge in [0.15, 0.2) is 11.5 Å². The number of halogens is 2. The number of hydrogen-bond acceptors (Lipinski definition) is 4. The first-order valence-corrected chi connectivity index (χ1v) is 7.74. The van der Waals surface area contributed by atoms with Crippen LogP contribution in [-0.2, 0) is 0 Å². The van der Waals surface area contributed by atoms with Gasteiger partial charge in [0.2, 0.25) is 0 Å². The molecular weight excluding hydrogens is 323 g/mol. The zero-order valence-electron chi connectivity index (χ0n) is 11.7. The first-order chi connectivity index (χ1) is 10.6. The van der Waals surface area contributed by atoms with Gasteiger partial charge in [0.25, 0.3) is 5.91 Å². The van der Waals surface area contributed by atoms with Crippen molar-refractivity contribution in [2.75, 3.05) is 18.4 Å². The van der Waals surface area contributed by atoms with Gasteiger partial charge in [-0.2, -0.15) is 0 Å².